The quantitative estimate of drug-likeness (QED) is 0.908. The summed E-state index contributed by atoms with van der Waals surface area (Å²) >= 11 is 6.27. The van der Waals surface area contributed by atoms with Gasteiger partial charge in [0.25, 0.3) is 0 Å². The number of rotatable bonds is 2. The number of anilines is 1. The maximum atomic E-state index is 10.2. The van der Waals surface area contributed by atoms with Gasteiger partial charge in [-0.3, -0.25) is 4.90 Å². The molecule has 0 radical (unpaired) electrons. The van der Waals surface area contributed by atoms with Crippen LogP contribution >= 0.6 is 11.6 Å². The molecule has 2 atom stereocenters. The SMILES string of the molecule is O[C@H]1CCCC[C@@H]1N1CCN(c2ccccc2Cl)CC1. The maximum absolute atomic E-state index is 10.2. The standard InChI is InChI=1S/C16H23ClN2O/c17-13-5-1-2-6-14(13)18-9-11-19(12-10-18)15-7-3-4-8-16(15)20/h1-2,5-6,15-16,20H,3-4,7-12H2/t15-,16-/m0/s1. The fourth-order valence-corrected chi connectivity index (χ4v) is 3.78. The van der Waals surface area contributed by atoms with Gasteiger partial charge in [-0.25, -0.2) is 0 Å². The van der Waals surface area contributed by atoms with Crippen molar-refractivity contribution in [3.8, 4) is 0 Å². The number of aliphatic hydroxyl groups excluding tert-OH is 1. The van der Waals surface area contributed by atoms with Crippen LogP contribution in [0.3, 0.4) is 0 Å². The van der Waals surface area contributed by atoms with Gasteiger partial charge in [0.1, 0.15) is 0 Å². The van der Waals surface area contributed by atoms with E-state index in [4.69, 9.17) is 11.6 Å². The number of nitrogens with zero attached hydrogens (tertiary/aromatic N) is 2. The van der Waals surface area contributed by atoms with Gasteiger partial charge in [0, 0.05) is 32.2 Å². The molecule has 4 heteroatoms. The van der Waals surface area contributed by atoms with Crippen molar-refractivity contribution in [2.45, 2.75) is 37.8 Å². The van der Waals surface area contributed by atoms with Crippen molar-refractivity contribution in [3.63, 3.8) is 0 Å². The van der Waals surface area contributed by atoms with Gasteiger partial charge in [0.05, 0.1) is 16.8 Å². The maximum Gasteiger partial charge on any atom is 0.0695 e. The van der Waals surface area contributed by atoms with E-state index < -0.39 is 0 Å². The molecule has 20 heavy (non-hydrogen) atoms. The van der Waals surface area contributed by atoms with Crippen LogP contribution in [0.2, 0.25) is 5.02 Å². The minimum Gasteiger partial charge on any atom is -0.391 e. The lowest BCUT2D eigenvalue weighted by atomic mass is 9.91. The van der Waals surface area contributed by atoms with E-state index in [2.05, 4.69) is 15.9 Å². The first-order valence-electron chi connectivity index (χ1n) is 7.67. The predicted molar refractivity (Wildman–Crippen MR) is 83.5 cm³/mol. The molecule has 2 fully saturated rings. The average Bonchev–Trinajstić information content (AvgIpc) is 2.49. The lowest BCUT2D eigenvalue weighted by Gasteiger charge is -2.43. The third kappa shape index (κ3) is 2.95. The van der Waals surface area contributed by atoms with Gasteiger partial charge in [-0.1, -0.05) is 36.6 Å². The van der Waals surface area contributed by atoms with Crippen LogP contribution in [0.4, 0.5) is 5.69 Å². The molecule has 1 aromatic rings. The summed E-state index contributed by atoms with van der Waals surface area (Å²) in [5.41, 5.74) is 1.14. The Bertz CT molecular complexity index is 446. The fraction of sp³-hybridized carbons (Fsp3) is 0.625. The second-order valence-electron chi connectivity index (χ2n) is 5.89. The van der Waals surface area contributed by atoms with Crippen LogP contribution in [-0.4, -0.2) is 48.3 Å². The normalized spacial score (nSPS) is 28.6. The molecular weight excluding hydrogens is 272 g/mol. The molecule has 0 unspecified atom stereocenters. The Hall–Kier alpha value is -0.770. The zero-order valence-electron chi connectivity index (χ0n) is 11.8. The van der Waals surface area contributed by atoms with Crippen LogP contribution in [0.1, 0.15) is 25.7 Å². The van der Waals surface area contributed by atoms with E-state index in [0.29, 0.717) is 6.04 Å². The number of hydrogen-bond donors (Lipinski definition) is 1. The lowest BCUT2D eigenvalue weighted by Crippen LogP contribution is -2.54. The Kier molecular flexibility index (Phi) is 4.49. The van der Waals surface area contributed by atoms with Crippen molar-refractivity contribution in [2.75, 3.05) is 31.1 Å². The molecule has 110 valence electrons. The van der Waals surface area contributed by atoms with E-state index in [9.17, 15) is 5.11 Å². The van der Waals surface area contributed by atoms with Crippen molar-refractivity contribution in [2.24, 2.45) is 0 Å². The minimum atomic E-state index is -0.129. The van der Waals surface area contributed by atoms with Crippen molar-refractivity contribution < 1.29 is 5.11 Å². The van der Waals surface area contributed by atoms with Crippen LogP contribution in [0.15, 0.2) is 24.3 Å². The van der Waals surface area contributed by atoms with E-state index in [1.807, 2.05) is 18.2 Å². The molecule has 3 rings (SSSR count). The highest BCUT2D eigenvalue weighted by molar-refractivity contribution is 6.33. The number of halogens is 1. The van der Waals surface area contributed by atoms with Crippen LogP contribution in [0.5, 0.6) is 0 Å². The van der Waals surface area contributed by atoms with Gasteiger partial charge < -0.3 is 10.0 Å². The summed E-state index contributed by atoms with van der Waals surface area (Å²) in [6.07, 6.45) is 4.42. The third-order valence-electron chi connectivity index (χ3n) is 4.67. The molecule has 2 aliphatic rings. The second kappa shape index (κ2) is 6.33. The highest BCUT2D eigenvalue weighted by atomic mass is 35.5. The van der Waals surface area contributed by atoms with Crippen LogP contribution in [-0.2, 0) is 0 Å². The van der Waals surface area contributed by atoms with Crippen molar-refractivity contribution >= 4 is 17.3 Å². The summed E-state index contributed by atoms with van der Waals surface area (Å²) in [5, 5.41) is 11.0. The van der Waals surface area contributed by atoms with E-state index in [1.54, 1.807) is 0 Å². The summed E-state index contributed by atoms with van der Waals surface area (Å²) in [4.78, 5) is 4.82. The van der Waals surface area contributed by atoms with Crippen LogP contribution < -0.4 is 4.90 Å². The molecule has 1 saturated carbocycles. The van der Waals surface area contributed by atoms with E-state index in [1.165, 1.54) is 12.8 Å². The third-order valence-corrected chi connectivity index (χ3v) is 4.99. The van der Waals surface area contributed by atoms with Gasteiger partial charge in [0.15, 0.2) is 0 Å². The zero-order chi connectivity index (χ0) is 13.9. The molecule has 0 bridgehead atoms. The summed E-state index contributed by atoms with van der Waals surface area (Å²) in [7, 11) is 0. The second-order valence-corrected chi connectivity index (χ2v) is 6.30. The van der Waals surface area contributed by atoms with E-state index in [-0.39, 0.29) is 6.10 Å². The molecule has 1 aliphatic carbocycles. The highest BCUT2D eigenvalue weighted by Gasteiger charge is 2.31. The Morgan fingerprint density at radius 1 is 1.00 bits per heavy atom. The Labute approximate surface area is 126 Å². The number of hydrogen-bond acceptors (Lipinski definition) is 3. The van der Waals surface area contributed by atoms with Gasteiger partial charge in [-0.05, 0) is 25.0 Å². The van der Waals surface area contributed by atoms with E-state index in [0.717, 1.165) is 49.7 Å². The van der Waals surface area contributed by atoms with Crippen molar-refractivity contribution in [1.29, 1.82) is 0 Å². The van der Waals surface area contributed by atoms with Crippen LogP contribution in [0.25, 0.3) is 0 Å². The molecule has 1 saturated heterocycles. The number of aliphatic hydroxyl groups is 1. The first kappa shape index (κ1) is 14.2. The van der Waals surface area contributed by atoms with Gasteiger partial charge in [0.2, 0.25) is 0 Å². The topological polar surface area (TPSA) is 26.7 Å². The monoisotopic (exact) mass is 294 g/mol. The minimum absolute atomic E-state index is 0.129. The molecule has 1 heterocycles. The summed E-state index contributed by atoms with van der Waals surface area (Å²) in [5.74, 6) is 0. The smallest absolute Gasteiger partial charge is 0.0695 e. The van der Waals surface area contributed by atoms with Crippen molar-refractivity contribution in [1.82, 2.24) is 4.90 Å². The predicted octanol–water partition coefficient (Wildman–Crippen LogP) is 2.77. The van der Waals surface area contributed by atoms with Gasteiger partial charge in [-0.2, -0.15) is 0 Å². The summed E-state index contributed by atoms with van der Waals surface area (Å²) in [6, 6.07) is 8.43. The number of piperazine rings is 1. The first-order chi connectivity index (χ1) is 9.75. The lowest BCUT2D eigenvalue weighted by molar-refractivity contribution is 0.0173. The fourth-order valence-electron chi connectivity index (χ4n) is 3.52. The average molecular weight is 295 g/mol. The molecule has 0 amide bonds. The summed E-state index contributed by atoms with van der Waals surface area (Å²) in [6.45, 7) is 4.03. The Balaban J connectivity index is 1.61. The molecule has 0 spiro atoms. The van der Waals surface area contributed by atoms with E-state index >= 15 is 0 Å². The number of para-hydroxylation sites is 1. The van der Waals surface area contributed by atoms with Gasteiger partial charge in [-0.15, -0.1) is 0 Å². The first-order valence-corrected chi connectivity index (χ1v) is 8.05. The van der Waals surface area contributed by atoms with Crippen molar-refractivity contribution in [3.05, 3.63) is 29.3 Å². The zero-order valence-corrected chi connectivity index (χ0v) is 12.6. The number of benzene rings is 1. The Morgan fingerprint density at radius 2 is 1.70 bits per heavy atom. The Morgan fingerprint density at radius 3 is 2.40 bits per heavy atom. The summed E-state index contributed by atoms with van der Waals surface area (Å²) < 4.78 is 0. The molecular formula is C16H23ClN2O. The molecule has 3 nitrogen and oxygen atoms in total. The molecule has 1 aliphatic heterocycles. The largest absolute Gasteiger partial charge is 0.391 e. The molecule has 0 aromatic heterocycles. The van der Waals surface area contributed by atoms with Crippen LogP contribution in [0, 0.1) is 0 Å². The molecule has 1 aromatic carbocycles. The molecule has 1 N–H and O–H groups in total. The van der Waals surface area contributed by atoms with Gasteiger partial charge >= 0.3 is 0 Å². The highest BCUT2D eigenvalue weighted by Crippen LogP contribution is 2.28.